The number of aliphatic imine (C=N–C) groups is 1. The summed E-state index contributed by atoms with van der Waals surface area (Å²) in [5, 5.41) is 0. The summed E-state index contributed by atoms with van der Waals surface area (Å²) in [7, 11) is 0. The van der Waals surface area contributed by atoms with Gasteiger partial charge in [-0.1, -0.05) is 12.1 Å². The van der Waals surface area contributed by atoms with Crippen molar-refractivity contribution in [3.05, 3.63) is 65.1 Å². The van der Waals surface area contributed by atoms with Gasteiger partial charge in [0.25, 0.3) is 0 Å². The number of cyclic esters (lactones) is 1. The van der Waals surface area contributed by atoms with Crippen molar-refractivity contribution in [1.82, 2.24) is 0 Å². The Bertz CT molecular complexity index is 965. The van der Waals surface area contributed by atoms with Crippen LogP contribution in [0.5, 0.6) is 11.5 Å². The first kappa shape index (κ1) is 18.3. The molecule has 0 spiro atoms. The predicted molar refractivity (Wildman–Crippen MR) is 95.9 cm³/mol. The molecule has 0 atom stereocenters. The third-order valence-electron chi connectivity index (χ3n) is 3.52. The lowest BCUT2D eigenvalue weighted by molar-refractivity contribution is -0.132. The van der Waals surface area contributed by atoms with Crippen LogP contribution in [-0.4, -0.2) is 24.4 Å². The van der Waals surface area contributed by atoms with Gasteiger partial charge in [0.05, 0.1) is 6.61 Å². The first-order chi connectivity index (χ1) is 13.0. The summed E-state index contributed by atoms with van der Waals surface area (Å²) in [5.41, 5.74) is 1.04. The molecule has 0 N–H and O–H groups in total. The molecule has 1 aliphatic heterocycles. The van der Waals surface area contributed by atoms with Gasteiger partial charge in [-0.25, -0.2) is 14.2 Å². The fraction of sp³-hybridized carbons (Fsp3) is 0.150. The van der Waals surface area contributed by atoms with Gasteiger partial charge in [0.15, 0.2) is 17.2 Å². The molecule has 0 amide bonds. The van der Waals surface area contributed by atoms with Crippen molar-refractivity contribution >= 4 is 23.9 Å². The van der Waals surface area contributed by atoms with Crippen LogP contribution in [0.1, 0.15) is 25.0 Å². The molecule has 0 saturated carbocycles. The minimum absolute atomic E-state index is 0.0346. The van der Waals surface area contributed by atoms with E-state index < -0.39 is 17.8 Å². The molecule has 0 saturated heterocycles. The number of rotatable bonds is 5. The van der Waals surface area contributed by atoms with Crippen LogP contribution < -0.4 is 9.47 Å². The van der Waals surface area contributed by atoms with Gasteiger partial charge in [-0.05, 0) is 48.9 Å². The fourth-order valence-corrected chi connectivity index (χ4v) is 2.43. The molecule has 0 aliphatic carbocycles. The Kier molecular flexibility index (Phi) is 5.30. The maximum Gasteiger partial charge on any atom is 0.363 e. The molecule has 1 heterocycles. The molecule has 0 fully saturated rings. The van der Waals surface area contributed by atoms with E-state index >= 15 is 0 Å². The normalized spacial score (nSPS) is 14.7. The summed E-state index contributed by atoms with van der Waals surface area (Å²) in [5.74, 6) is -0.882. The first-order valence-corrected chi connectivity index (χ1v) is 8.20. The van der Waals surface area contributed by atoms with E-state index in [1.165, 1.54) is 31.2 Å². The Morgan fingerprint density at radius 1 is 1.22 bits per heavy atom. The van der Waals surface area contributed by atoms with Gasteiger partial charge in [0.1, 0.15) is 5.82 Å². The molecular weight excluding hydrogens is 353 g/mol. The first-order valence-electron chi connectivity index (χ1n) is 8.20. The number of hydrogen-bond acceptors (Lipinski definition) is 6. The SMILES string of the molecule is CCOc1cc(C=C2N=C(c3cccc(F)c3)OC2=O)ccc1OC(C)=O. The zero-order chi connectivity index (χ0) is 19.4. The van der Waals surface area contributed by atoms with Crippen LogP contribution in [0.15, 0.2) is 53.2 Å². The highest BCUT2D eigenvalue weighted by Gasteiger charge is 2.24. The lowest BCUT2D eigenvalue weighted by Crippen LogP contribution is -2.05. The zero-order valence-electron chi connectivity index (χ0n) is 14.7. The van der Waals surface area contributed by atoms with Gasteiger partial charge in [-0.2, -0.15) is 0 Å². The van der Waals surface area contributed by atoms with Crippen molar-refractivity contribution in [3.63, 3.8) is 0 Å². The zero-order valence-corrected chi connectivity index (χ0v) is 14.7. The molecule has 0 unspecified atom stereocenters. The highest BCUT2D eigenvalue weighted by molar-refractivity contribution is 6.12. The van der Waals surface area contributed by atoms with E-state index in [2.05, 4.69) is 4.99 Å². The van der Waals surface area contributed by atoms with Crippen molar-refractivity contribution < 1.29 is 28.2 Å². The lowest BCUT2D eigenvalue weighted by atomic mass is 10.1. The van der Waals surface area contributed by atoms with E-state index in [4.69, 9.17) is 14.2 Å². The van der Waals surface area contributed by atoms with Crippen LogP contribution in [-0.2, 0) is 14.3 Å². The second-order valence-corrected chi connectivity index (χ2v) is 5.58. The Hall–Kier alpha value is -3.48. The molecule has 6 nitrogen and oxygen atoms in total. The number of halogens is 1. The van der Waals surface area contributed by atoms with E-state index in [1.807, 2.05) is 0 Å². The summed E-state index contributed by atoms with van der Waals surface area (Å²) in [6.07, 6.45) is 1.51. The summed E-state index contributed by atoms with van der Waals surface area (Å²) < 4.78 is 29.0. The van der Waals surface area contributed by atoms with E-state index in [9.17, 15) is 14.0 Å². The summed E-state index contributed by atoms with van der Waals surface area (Å²) in [6, 6.07) is 10.5. The summed E-state index contributed by atoms with van der Waals surface area (Å²) in [4.78, 5) is 27.4. The van der Waals surface area contributed by atoms with Gasteiger partial charge >= 0.3 is 11.9 Å². The number of carbonyl (C=O) groups excluding carboxylic acids is 2. The molecule has 1 aliphatic rings. The monoisotopic (exact) mass is 369 g/mol. The van der Waals surface area contributed by atoms with Crippen LogP contribution in [0.4, 0.5) is 4.39 Å². The molecular formula is C20H16FNO5. The fourth-order valence-electron chi connectivity index (χ4n) is 2.43. The smallest absolute Gasteiger partial charge is 0.363 e. The topological polar surface area (TPSA) is 74.2 Å². The van der Waals surface area contributed by atoms with Crippen molar-refractivity contribution in [2.75, 3.05) is 6.61 Å². The standard InChI is InChI=1S/C20H16FNO5/c1-3-25-18-10-13(7-8-17(18)26-12(2)23)9-16-20(24)27-19(22-16)14-5-4-6-15(21)11-14/h4-11H,3H2,1-2H3. The van der Waals surface area contributed by atoms with E-state index in [0.717, 1.165) is 0 Å². The molecule has 3 rings (SSSR count). The van der Waals surface area contributed by atoms with Crippen LogP contribution in [0, 0.1) is 5.82 Å². The average molecular weight is 369 g/mol. The number of esters is 2. The maximum atomic E-state index is 13.3. The van der Waals surface area contributed by atoms with Crippen LogP contribution in [0.25, 0.3) is 6.08 Å². The minimum atomic E-state index is -0.642. The summed E-state index contributed by atoms with van der Waals surface area (Å²) >= 11 is 0. The van der Waals surface area contributed by atoms with Gasteiger partial charge in [0.2, 0.25) is 5.90 Å². The Balaban J connectivity index is 1.92. The third kappa shape index (κ3) is 4.38. The number of hydrogen-bond donors (Lipinski definition) is 0. The second kappa shape index (κ2) is 7.82. The van der Waals surface area contributed by atoms with E-state index in [1.54, 1.807) is 31.2 Å². The average Bonchev–Trinajstić information content (AvgIpc) is 2.98. The molecule has 27 heavy (non-hydrogen) atoms. The highest BCUT2D eigenvalue weighted by atomic mass is 19.1. The number of benzene rings is 2. The lowest BCUT2D eigenvalue weighted by Gasteiger charge is -2.10. The Morgan fingerprint density at radius 2 is 2.04 bits per heavy atom. The Labute approximate surface area is 154 Å². The van der Waals surface area contributed by atoms with Gasteiger partial charge in [-0.15, -0.1) is 0 Å². The maximum absolute atomic E-state index is 13.3. The predicted octanol–water partition coefficient (Wildman–Crippen LogP) is 3.49. The van der Waals surface area contributed by atoms with E-state index in [-0.39, 0.29) is 17.3 Å². The van der Waals surface area contributed by atoms with Crippen LogP contribution in [0.3, 0.4) is 0 Å². The second-order valence-electron chi connectivity index (χ2n) is 5.58. The largest absolute Gasteiger partial charge is 0.490 e. The van der Waals surface area contributed by atoms with Crippen LogP contribution >= 0.6 is 0 Å². The molecule has 0 aromatic heterocycles. The van der Waals surface area contributed by atoms with Gasteiger partial charge in [0, 0.05) is 12.5 Å². The molecule has 0 radical (unpaired) electrons. The minimum Gasteiger partial charge on any atom is -0.490 e. The van der Waals surface area contributed by atoms with Crippen molar-refractivity contribution in [3.8, 4) is 11.5 Å². The number of nitrogens with zero attached hydrogens (tertiary/aromatic N) is 1. The molecule has 138 valence electrons. The molecule has 2 aromatic carbocycles. The van der Waals surface area contributed by atoms with Crippen molar-refractivity contribution in [2.24, 2.45) is 4.99 Å². The number of carbonyl (C=O) groups is 2. The van der Waals surface area contributed by atoms with Gasteiger partial charge < -0.3 is 14.2 Å². The Morgan fingerprint density at radius 3 is 2.74 bits per heavy atom. The molecule has 7 heteroatoms. The van der Waals surface area contributed by atoms with Crippen LogP contribution in [0.2, 0.25) is 0 Å². The van der Waals surface area contributed by atoms with Crippen molar-refractivity contribution in [1.29, 1.82) is 0 Å². The van der Waals surface area contributed by atoms with Gasteiger partial charge in [-0.3, -0.25) is 4.79 Å². The van der Waals surface area contributed by atoms with E-state index in [0.29, 0.717) is 23.5 Å². The highest BCUT2D eigenvalue weighted by Crippen LogP contribution is 2.30. The summed E-state index contributed by atoms with van der Waals surface area (Å²) in [6.45, 7) is 3.47. The molecule has 2 aromatic rings. The number of ether oxygens (including phenoxy) is 3. The molecule has 0 bridgehead atoms. The van der Waals surface area contributed by atoms with Crippen molar-refractivity contribution in [2.45, 2.75) is 13.8 Å². The third-order valence-corrected chi connectivity index (χ3v) is 3.52. The quantitative estimate of drug-likeness (QED) is 0.458.